The van der Waals surface area contributed by atoms with Crippen LogP contribution in [0.15, 0.2) is 22.7 Å². The fourth-order valence-corrected chi connectivity index (χ4v) is 3.46. The van der Waals surface area contributed by atoms with Crippen LogP contribution in [0, 0.1) is 5.92 Å². The molecule has 1 atom stereocenters. The first-order chi connectivity index (χ1) is 9.13. The molecule has 3 saturated heterocycles. The molecular weight excluding hydrogens is 306 g/mol. The molecule has 2 bridgehead atoms. The van der Waals surface area contributed by atoms with Crippen molar-refractivity contribution in [3.05, 3.63) is 28.2 Å². The maximum atomic E-state index is 12.3. The van der Waals surface area contributed by atoms with Crippen LogP contribution in [0.4, 0.5) is 5.69 Å². The number of carbonyl (C=O) groups excluding carboxylic acids is 1. The molecular formula is C14H18BrN3O. The Bertz CT molecular complexity index is 497. The fourth-order valence-electron chi connectivity index (χ4n) is 3.10. The number of carbonyl (C=O) groups is 1. The number of rotatable bonds is 2. The van der Waals surface area contributed by atoms with Gasteiger partial charge in [-0.3, -0.25) is 4.79 Å². The largest absolute Gasteiger partial charge is 0.398 e. The molecule has 0 aromatic heterocycles. The number of halogens is 1. The summed E-state index contributed by atoms with van der Waals surface area (Å²) in [5.74, 6) is 0.569. The fraction of sp³-hybridized carbons (Fsp3) is 0.500. The monoisotopic (exact) mass is 323 g/mol. The van der Waals surface area contributed by atoms with E-state index >= 15 is 0 Å². The van der Waals surface area contributed by atoms with Crippen molar-refractivity contribution >= 4 is 27.5 Å². The number of amides is 1. The summed E-state index contributed by atoms with van der Waals surface area (Å²) in [5.41, 5.74) is 6.97. The molecule has 3 aliphatic heterocycles. The molecule has 3 aliphatic rings. The minimum Gasteiger partial charge on any atom is -0.398 e. The number of anilines is 1. The molecule has 0 radical (unpaired) electrons. The molecule has 4 rings (SSSR count). The van der Waals surface area contributed by atoms with Gasteiger partial charge in [0, 0.05) is 22.7 Å². The van der Waals surface area contributed by atoms with E-state index < -0.39 is 0 Å². The summed E-state index contributed by atoms with van der Waals surface area (Å²) in [4.78, 5) is 14.8. The molecule has 1 amide bonds. The summed E-state index contributed by atoms with van der Waals surface area (Å²) in [5, 5.41) is 3.15. The quantitative estimate of drug-likeness (QED) is 0.817. The lowest BCUT2D eigenvalue weighted by Crippen LogP contribution is -2.57. The lowest BCUT2D eigenvalue weighted by Gasteiger charge is -2.44. The van der Waals surface area contributed by atoms with Crippen molar-refractivity contribution in [3.63, 3.8) is 0 Å². The summed E-state index contributed by atoms with van der Waals surface area (Å²) >= 11 is 3.38. The van der Waals surface area contributed by atoms with E-state index in [0.29, 0.717) is 17.2 Å². The molecule has 0 saturated carbocycles. The summed E-state index contributed by atoms with van der Waals surface area (Å²) < 4.78 is 0.876. The predicted octanol–water partition coefficient (Wildman–Crippen LogP) is 1.86. The SMILES string of the molecule is Nc1ccc(Br)cc1C(=O)NC1CN2CCC1CC2. The molecule has 1 aromatic carbocycles. The Balaban J connectivity index is 1.73. The average Bonchev–Trinajstić information content (AvgIpc) is 2.43. The van der Waals surface area contributed by atoms with Crippen LogP contribution in [0.2, 0.25) is 0 Å². The maximum absolute atomic E-state index is 12.3. The molecule has 3 heterocycles. The van der Waals surface area contributed by atoms with Crippen LogP contribution >= 0.6 is 15.9 Å². The van der Waals surface area contributed by atoms with Crippen LogP contribution in [0.5, 0.6) is 0 Å². The average molecular weight is 324 g/mol. The zero-order valence-electron chi connectivity index (χ0n) is 10.7. The number of hydrogen-bond acceptors (Lipinski definition) is 3. The van der Waals surface area contributed by atoms with Gasteiger partial charge in [-0.15, -0.1) is 0 Å². The number of piperidine rings is 3. The molecule has 0 aliphatic carbocycles. The minimum atomic E-state index is -0.0578. The van der Waals surface area contributed by atoms with E-state index in [1.165, 1.54) is 25.9 Å². The zero-order chi connectivity index (χ0) is 13.4. The Morgan fingerprint density at radius 2 is 2.11 bits per heavy atom. The Morgan fingerprint density at radius 1 is 1.37 bits per heavy atom. The first-order valence-electron chi connectivity index (χ1n) is 6.72. The van der Waals surface area contributed by atoms with Gasteiger partial charge in [0.25, 0.3) is 5.91 Å². The first kappa shape index (κ1) is 12.9. The van der Waals surface area contributed by atoms with E-state index in [2.05, 4.69) is 26.1 Å². The number of hydrogen-bond donors (Lipinski definition) is 2. The highest BCUT2D eigenvalue weighted by Crippen LogP contribution is 2.28. The van der Waals surface area contributed by atoms with Gasteiger partial charge in [0.15, 0.2) is 0 Å². The van der Waals surface area contributed by atoms with E-state index in [1.54, 1.807) is 12.1 Å². The molecule has 19 heavy (non-hydrogen) atoms. The maximum Gasteiger partial charge on any atom is 0.253 e. The number of nitrogens with one attached hydrogen (secondary N) is 1. The highest BCUT2D eigenvalue weighted by molar-refractivity contribution is 9.10. The molecule has 4 nitrogen and oxygen atoms in total. The number of nitrogen functional groups attached to an aromatic ring is 1. The van der Waals surface area contributed by atoms with Gasteiger partial charge in [-0.2, -0.15) is 0 Å². The minimum absolute atomic E-state index is 0.0578. The molecule has 1 aromatic rings. The second-order valence-electron chi connectivity index (χ2n) is 5.45. The first-order valence-corrected chi connectivity index (χ1v) is 7.51. The molecule has 1 unspecified atom stereocenters. The highest BCUT2D eigenvalue weighted by Gasteiger charge is 2.35. The smallest absolute Gasteiger partial charge is 0.253 e. The van der Waals surface area contributed by atoms with Gasteiger partial charge < -0.3 is 16.0 Å². The van der Waals surface area contributed by atoms with Gasteiger partial charge >= 0.3 is 0 Å². The standard InChI is InChI=1S/C14H18BrN3O/c15-10-1-2-12(16)11(7-10)14(19)17-13-8-18-5-3-9(13)4-6-18/h1-2,7,9,13H,3-6,8,16H2,(H,17,19). The van der Waals surface area contributed by atoms with Gasteiger partial charge in [-0.05, 0) is 50.0 Å². The van der Waals surface area contributed by atoms with E-state index in [0.717, 1.165) is 11.0 Å². The van der Waals surface area contributed by atoms with Gasteiger partial charge in [-0.1, -0.05) is 15.9 Å². The Kier molecular flexibility index (Phi) is 3.50. The van der Waals surface area contributed by atoms with Crippen molar-refractivity contribution in [2.24, 2.45) is 5.92 Å². The van der Waals surface area contributed by atoms with Gasteiger partial charge in [0.05, 0.1) is 5.56 Å². The lowest BCUT2D eigenvalue weighted by atomic mass is 9.84. The molecule has 5 heteroatoms. The zero-order valence-corrected chi connectivity index (χ0v) is 12.3. The van der Waals surface area contributed by atoms with Gasteiger partial charge in [0.2, 0.25) is 0 Å². The normalized spacial score (nSPS) is 29.2. The van der Waals surface area contributed by atoms with Crippen molar-refractivity contribution < 1.29 is 4.79 Å². The van der Waals surface area contributed by atoms with E-state index in [9.17, 15) is 4.79 Å². The van der Waals surface area contributed by atoms with E-state index in [-0.39, 0.29) is 11.9 Å². The predicted molar refractivity (Wildman–Crippen MR) is 79.0 cm³/mol. The topological polar surface area (TPSA) is 58.4 Å². The van der Waals surface area contributed by atoms with Crippen molar-refractivity contribution in [2.75, 3.05) is 25.4 Å². The number of nitrogens with two attached hydrogens (primary N) is 1. The van der Waals surface area contributed by atoms with E-state index in [1.807, 2.05) is 6.07 Å². The Labute approximate surface area is 121 Å². The van der Waals surface area contributed by atoms with E-state index in [4.69, 9.17) is 5.73 Å². The van der Waals surface area contributed by atoms with Crippen LogP contribution in [0.1, 0.15) is 23.2 Å². The summed E-state index contributed by atoms with van der Waals surface area (Å²) in [6.45, 7) is 3.33. The highest BCUT2D eigenvalue weighted by atomic mass is 79.9. The third kappa shape index (κ3) is 2.62. The Hall–Kier alpha value is -1.07. The van der Waals surface area contributed by atoms with Crippen molar-refractivity contribution in [1.29, 1.82) is 0 Å². The summed E-state index contributed by atoms with van der Waals surface area (Å²) in [6, 6.07) is 5.66. The third-order valence-corrected chi connectivity index (χ3v) is 4.73. The van der Waals surface area contributed by atoms with Crippen LogP contribution in [-0.4, -0.2) is 36.5 Å². The lowest BCUT2D eigenvalue weighted by molar-refractivity contribution is 0.0621. The molecule has 102 valence electrons. The van der Waals surface area contributed by atoms with Crippen molar-refractivity contribution in [3.8, 4) is 0 Å². The number of nitrogens with zero attached hydrogens (tertiary/aromatic N) is 1. The van der Waals surface area contributed by atoms with Gasteiger partial charge in [0.1, 0.15) is 0 Å². The van der Waals surface area contributed by atoms with Crippen molar-refractivity contribution in [1.82, 2.24) is 10.2 Å². The molecule has 0 spiro atoms. The Morgan fingerprint density at radius 3 is 2.74 bits per heavy atom. The summed E-state index contributed by atoms with van der Waals surface area (Å²) in [7, 11) is 0. The number of fused-ring (bicyclic) bond motifs is 3. The van der Waals surface area contributed by atoms with Crippen LogP contribution in [-0.2, 0) is 0 Å². The van der Waals surface area contributed by atoms with Crippen LogP contribution < -0.4 is 11.1 Å². The van der Waals surface area contributed by atoms with Gasteiger partial charge in [-0.25, -0.2) is 0 Å². The second kappa shape index (κ2) is 5.13. The van der Waals surface area contributed by atoms with Crippen LogP contribution in [0.25, 0.3) is 0 Å². The second-order valence-corrected chi connectivity index (χ2v) is 6.37. The molecule has 3 N–H and O–H groups in total. The van der Waals surface area contributed by atoms with Crippen LogP contribution in [0.3, 0.4) is 0 Å². The third-order valence-electron chi connectivity index (χ3n) is 4.23. The summed E-state index contributed by atoms with van der Waals surface area (Å²) in [6.07, 6.45) is 2.39. The number of benzene rings is 1. The molecule has 3 fully saturated rings. The van der Waals surface area contributed by atoms with Crippen molar-refractivity contribution in [2.45, 2.75) is 18.9 Å².